The second-order valence-electron chi connectivity index (χ2n) is 5.97. The van der Waals surface area contributed by atoms with Gasteiger partial charge in [0.15, 0.2) is 0 Å². The third-order valence-corrected chi connectivity index (χ3v) is 4.49. The fourth-order valence-electron chi connectivity index (χ4n) is 3.25. The molecule has 0 aromatic heterocycles. The van der Waals surface area contributed by atoms with Gasteiger partial charge in [-0.1, -0.05) is 31.4 Å². The molecule has 0 radical (unpaired) electrons. The molecule has 1 saturated heterocycles. The first-order valence-electron chi connectivity index (χ1n) is 7.48. The van der Waals surface area contributed by atoms with E-state index < -0.39 is 11.5 Å². The lowest BCUT2D eigenvalue weighted by atomic mass is 9.82. The molecule has 1 aromatic rings. The SMILES string of the molecule is O=C(O)c1ccc(CN2C(=O)NC3(CCCCC3)C2=O)cc1. The van der Waals surface area contributed by atoms with E-state index in [0.29, 0.717) is 12.8 Å². The van der Waals surface area contributed by atoms with Crippen LogP contribution in [0.25, 0.3) is 0 Å². The Balaban J connectivity index is 1.76. The summed E-state index contributed by atoms with van der Waals surface area (Å²) in [6.07, 6.45) is 4.40. The highest BCUT2D eigenvalue weighted by atomic mass is 16.4. The molecule has 0 bridgehead atoms. The minimum atomic E-state index is -0.997. The first kappa shape index (κ1) is 14.6. The minimum absolute atomic E-state index is 0.153. The Bertz CT molecular complexity index is 618. The Morgan fingerprint density at radius 1 is 1.14 bits per heavy atom. The van der Waals surface area contributed by atoms with Gasteiger partial charge in [-0.15, -0.1) is 0 Å². The largest absolute Gasteiger partial charge is 0.478 e. The van der Waals surface area contributed by atoms with Crippen molar-refractivity contribution in [2.45, 2.75) is 44.2 Å². The number of nitrogens with one attached hydrogen (secondary N) is 1. The number of urea groups is 1. The molecular weight excluding hydrogens is 284 g/mol. The van der Waals surface area contributed by atoms with Crippen LogP contribution in [-0.2, 0) is 11.3 Å². The number of carboxylic acids is 1. The molecular formula is C16H18N2O4. The molecule has 6 nitrogen and oxygen atoms in total. The third-order valence-electron chi connectivity index (χ3n) is 4.49. The van der Waals surface area contributed by atoms with Gasteiger partial charge in [-0.2, -0.15) is 0 Å². The number of aromatic carboxylic acids is 1. The molecule has 1 aliphatic heterocycles. The zero-order valence-corrected chi connectivity index (χ0v) is 12.2. The van der Waals surface area contributed by atoms with Gasteiger partial charge in [0.2, 0.25) is 0 Å². The molecule has 3 rings (SSSR count). The lowest BCUT2D eigenvalue weighted by Gasteiger charge is -2.30. The molecule has 1 saturated carbocycles. The van der Waals surface area contributed by atoms with E-state index in [9.17, 15) is 14.4 Å². The summed E-state index contributed by atoms with van der Waals surface area (Å²) in [7, 11) is 0. The molecule has 116 valence electrons. The standard InChI is InChI=1S/C16H18N2O4/c19-13(20)12-6-4-11(5-7-12)10-18-14(21)16(17-15(18)22)8-2-1-3-9-16/h4-7H,1-3,8-10H2,(H,17,22)(H,19,20). The van der Waals surface area contributed by atoms with E-state index >= 15 is 0 Å². The highest BCUT2D eigenvalue weighted by Crippen LogP contribution is 2.34. The average Bonchev–Trinajstić information content (AvgIpc) is 2.73. The lowest BCUT2D eigenvalue weighted by Crippen LogP contribution is -2.48. The molecule has 1 spiro atoms. The summed E-state index contributed by atoms with van der Waals surface area (Å²) in [5.41, 5.74) is 0.210. The monoisotopic (exact) mass is 302 g/mol. The van der Waals surface area contributed by atoms with Crippen LogP contribution in [-0.4, -0.2) is 33.5 Å². The van der Waals surface area contributed by atoms with Crippen molar-refractivity contribution < 1.29 is 19.5 Å². The molecule has 1 aliphatic carbocycles. The van der Waals surface area contributed by atoms with Crippen LogP contribution in [0.2, 0.25) is 0 Å². The number of nitrogens with zero attached hydrogens (tertiary/aromatic N) is 1. The van der Waals surface area contributed by atoms with Gasteiger partial charge in [-0.05, 0) is 30.5 Å². The van der Waals surface area contributed by atoms with Crippen molar-refractivity contribution in [3.05, 3.63) is 35.4 Å². The van der Waals surface area contributed by atoms with Crippen molar-refractivity contribution in [3.63, 3.8) is 0 Å². The van der Waals surface area contributed by atoms with Crippen LogP contribution in [0.4, 0.5) is 4.79 Å². The first-order valence-corrected chi connectivity index (χ1v) is 7.48. The summed E-state index contributed by atoms with van der Waals surface area (Å²) < 4.78 is 0. The molecule has 0 atom stereocenters. The van der Waals surface area contributed by atoms with Crippen molar-refractivity contribution in [2.24, 2.45) is 0 Å². The van der Waals surface area contributed by atoms with Gasteiger partial charge in [0.05, 0.1) is 12.1 Å². The summed E-state index contributed by atoms with van der Waals surface area (Å²) in [5.74, 6) is -1.15. The van der Waals surface area contributed by atoms with Gasteiger partial charge in [0.1, 0.15) is 5.54 Å². The van der Waals surface area contributed by atoms with Crippen LogP contribution in [0.5, 0.6) is 0 Å². The quantitative estimate of drug-likeness (QED) is 0.837. The maximum atomic E-state index is 12.6. The molecule has 22 heavy (non-hydrogen) atoms. The predicted molar refractivity (Wildman–Crippen MR) is 78.3 cm³/mol. The Morgan fingerprint density at radius 2 is 1.77 bits per heavy atom. The third kappa shape index (κ3) is 2.45. The molecule has 0 unspecified atom stereocenters. The molecule has 2 aliphatic rings. The first-order chi connectivity index (χ1) is 10.5. The van der Waals surface area contributed by atoms with Crippen molar-refractivity contribution in [3.8, 4) is 0 Å². The van der Waals surface area contributed by atoms with Gasteiger partial charge >= 0.3 is 12.0 Å². The number of rotatable bonds is 3. The molecule has 3 amide bonds. The summed E-state index contributed by atoms with van der Waals surface area (Å²) in [4.78, 5) is 36.8. The number of imide groups is 1. The topological polar surface area (TPSA) is 86.7 Å². The van der Waals surface area contributed by atoms with Gasteiger partial charge in [0.25, 0.3) is 5.91 Å². The number of amides is 3. The number of carbonyl (C=O) groups is 3. The molecule has 1 heterocycles. The molecule has 2 N–H and O–H groups in total. The van der Waals surface area contributed by atoms with E-state index in [2.05, 4.69) is 5.32 Å². The highest BCUT2D eigenvalue weighted by Gasteiger charge is 2.51. The van der Waals surface area contributed by atoms with Crippen molar-refractivity contribution in [1.82, 2.24) is 10.2 Å². The van der Waals surface area contributed by atoms with E-state index in [1.165, 1.54) is 17.0 Å². The number of hydrogen-bond donors (Lipinski definition) is 2. The van der Waals surface area contributed by atoms with Gasteiger partial charge in [-0.25, -0.2) is 9.59 Å². The van der Waals surface area contributed by atoms with Crippen molar-refractivity contribution in [2.75, 3.05) is 0 Å². The van der Waals surface area contributed by atoms with Crippen LogP contribution < -0.4 is 5.32 Å². The zero-order chi connectivity index (χ0) is 15.7. The Labute approximate surface area is 128 Å². The lowest BCUT2D eigenvalue weighted by molar-refractivity contribution is -0.132. The average molecular weight is 302 g/mol. The number of benzene rings is 1. The molecule has 2 fully saturated rings. The summed E-state index contributed by atoms with van der Waals surface area (Å²) in [5, 5.41) is 11.7. The summed E-state index contributed by atoms with van der Waals surface area (Å²) in [6.45, 7) is 0.173. The van der Waals surface area contributed by atoms with E-state index in [0.717, 1.165) is 24.8 Å². The second-order valence-corrected chi connectivity index (χ2v) is 5.97. The zero-order valence-electron chi connectivity index (χ0n) is 12.2. The molecule has 6 heteroatoms. The maximum absolute atomic E-state index is 12.6. The Morgan fingerprint density at radius 3 is 2.36 bits per heavy atom. The van der Waals surface area contributed by atoms with Gasteiger partial charge in [-0.3, -0.25) is 9.69 Å². The van der Waals surface area contributed by atoms with Gasteiger partial charge < -0.3 is 10.4 Å². The van der Waals surface area contributed by atoms with Crippen molar-refractivity contribution >= 4 is 17.9 Å². The summed E-state index contributed by atoms with van der Waals surface area (Å²) in [6, 6.07) is 5.87. The fourth-order valence-corrected chi connectivity index (χ4v) is 3.25. The highest BCUT2D eigenvalue weighted by molar-refractivity contribution is 6.07. The number of hydrogen-bond acceptors (Lipinski definition) is 3. The van der Waals surface area contributed by atoms with Crippen LogP contribution in [0.15, 0.2) is 24.3 Å². The Hall–Kier alpha value is -2.37. The van der Waals surface area contributed by atoms with Gasteiger partial charge in [0, 0.05) is 0 Å². The van der Waals surface area contributed by atoms with E-state index in [1.54, 1.807) is 12.1 Å². The van der Waals surface area contributed by atoms with E-state index in [4.69, 9.17) is 5.11 Å². The minimum Gasteiger partial charge on any atom is -0.478 e. The smallest absolute Gasteiger partial charge is 0.335 e. The van der Waals surface area contributed by atoms with Crippen LogP contribution in [0.1, 0.15) is 48.0 Å². The van der Waals surface area contributed by atoms with Crippen LogP contribution >= 0.6 is 0 Å². The van der Waals surface area contributed by atoms with Crippen LogP contribution in [0.3, 0.4) is 0 Å². The number of carbonyl (C=O) groups excluding carboxylic acids is 2. The Kier molecular flexibility index (Phi) is 3.60. The maximum Gasteiger partial charge on any atom is 0.335 e. The number of carboxylic acid groups (broad SMARTS) is 1. The second kappa shape index (κ2) is 5.44. The summed E-state index contributed by atoms with van der Waals surface area (Å²) >= 11 is 0. The normalized spacial score (nSPS) is 20.3. The van der Waals surface area contributed by atoms with Crippen molar-refractivity contribution in [1.29, 1.82) is 0 Å². The fraction of sp³-hybridized carbons (Fsp3) is 0.438. The predicted octanol–water partition coefficient (Wildman–Crippen LogP) is 2.14. The van der Waals surface area contributed by atoms with Crippen LogP contribution in [0, 0.1) is 0 Å². The molecule has 1 aromatic carbocycles. The van der Waals surface area contributed by atoms with E-state index in [1.807, 2.05) is 0 Å². The van der Waals surface area contributed by atoms with E-state index in [-0.39, 0.29) is 24.0 Å².